The Hall–Kier alpha value is -2.61. The lowest BCUT2D eigenvalue weighted by Gasteiger charge is -2.30. The number of carbonyl (C=O) groups excluding carboxylic acids is 2. The summed E-state index contributed by atoms with van der Waals surface area (Å²) in [5.74, 6) is -1.25. The fourth-order valence-electron chi connectivity index (χ4n) is 2.41. The Balaban J connectivity index is 3.30. The van der Waals surface area contributed by atoms with Crippen molar-refractivity contribution in [3.05, 3.63) is 48.0 Å². The maximum atomic E-state index is 12.8. The van der Waals surface area contributed by atoms with Crippen LogP contribution in [-0.2, 0) is 25.5 Å². The summed E-state index contributed by atoms with van der Waals surface area (Å²) in [6.45, 7) is 10.6. The van der Waals surface area contributed by atoms with Crippen LogP contribution in [0.2, 0.25) is 0 Å². The van der Waals surface area contributed by atoms with Gasteiger partial charge in [0.1, 0.15) is 0 Å². The van der Waals surface area contributed by atoms with Gasteiger partial charge < -0.3 is 9.47 Å². The van der Waals surface area contributed by atoms with Crippen molar-refractivity contribution in [1.82, 2.24) is 0 Å². The van der Waals surface area contributed by atoms with Crippen molar-refractivity contribution in [2.75, 3.05) is 0 Å². The molecular formula is C20H25NO4. The SMILES string of the molecule is C=CCC(Cc1ccc(C#N)cc1)(C(=O)OC(C)C)C(=O)OC(C)C. The molecule has 0 aliphatic rings. The first-order valence-corrected chi connectivity index (χ1v) is 8.27. The number of benzene rings is 1. The van der Waals surface area contributed by atoms with Crippen LogP contribution >= 0.6 is 0 Å². The van der Waals surface area contributed by atoms with Crippen LogP contribution in [0.4, 0.5) is 0 Å². The number of nitrogens with zero attached hydrogens (tertiary/aromatic N) is 1. The number of rotatable bonds is 8. The van der Waals surface area contributed by atoms with Crippen LogP contribution in [0.25, 0.3) is 0 Å². The van der Waals surface area contributed by atoms with E-state index in [2.05, 4.69) is 6.58 Å². The van der Waals surface area contributed by atoms with Crippen molar-refractivity contribution in [3.8, 4) is 6.07 Å². The molecule has 5 heteroatoms. The molecule has 0 radical (unpaired) electrons. The standard InChI is InChI=1S/C20H25NO4/c1-6-11-20(18(22)24-14(2)3,19(23)25-15(4)5)12-16-7-9-17(13-21)10-8-16/h6-10,14-15H,1,11-12H2,2-5H3. The summed E-state index contributed by atoms with van der Waals surface area (Å²) >= 11 is 0. The van der Waals surface area contributed by atoms with E-state index in [-0.39, 0.29) is 25.0 Å². The summed E-state index contributed by atoms with van der Waals surface area (Å²) in [6, 6.07) is 8.79. The average molecular weight is 343 g/mol. The topological polar surface area (TPSA) is 76.4 Å². The van der Waals surface area contributed by atoms with Crippen molar-refractivity contribution < 1.29 is 19.1 Å². The molecule has 1 rings (SSSR count). The number of nitriles is 1. The zero-order valence-corrected chi connectivity index (χ0v) is 15.2. The van der Waals surface area contributed by atoms with E-state index in [4.69, 9.17) is 14.7 Å². The van der Waals surface area contributed by atoms with E-state index in [1.165, 1.54) is 6.08 Å². The smallest absolute Gasteiger partial charge is 0.324 e. The van der Waals surface area contributed by atoms with Gasteiger partial charge in [-0.1, -0.05) is 18.2 Å². The molecular weight excluding hydrogens is 318 g/mol. The van der Waals surface area contributed by atoms with Gasteiger partial charge in [0.05, 0.1) is 23.8 Å². The molecule has 25 heavy (non-hydrogen) atoms. The van der Waals surface area contributed by atoms with Crippen LogP contribution in [0, 0.1) is 16.7 Å². The second-order valence-electron chi connectivity index (χ2n) is 6.47. The molecule has 0 saturated carbocycles. The first-order chi connectivity index (χ1) is 11.7. The minimum absolute atomic E-state index is 0.101. The highest BCUT2D eigenvalue weighted by molar-refractivity contribution is 6.00. The predicted molar refractivity (Wildman–Crippen MR) is 94.6 cm³/mol. The number of allylic oxidation sites excluding steroid dienone is 1. The predicted octanol–water partition coefficient (Wildman–Crippen LogP) is 3.57. The number of hydrogen-bond acceptors (Lipinski definition) is 5. The van der Waals surface area contributed by atoms with Crippen molar-refractivity contribution in [3.63, 3.8) is 0 Å². The molecule has 0 saturated heterocycles. The molecule has 0 aliphatic heterocycles. The molecule has 0 amide bonds. The molecule has 134 valence electrons. The number of ether oxygens (including phenoxy) is 2. The minimum Gasteiger partial charge on any atom is -0.462 e. The van der Waals surface area contributed by atoms with E-state index in [1.807, 2.05) is 6.07 Å². The average Bonchev–Trinajstić information content (AvgIpc) is 2.53. The Morgan fingerprint density at radius 1 is 1.12 bits per heavy atom. The Kier molecular flexibility index (Phi) is 7.38. The maximum Gasteiger partial charge on any atom is 0.324 e. The lowest BCUT2D eigenvalue weighted by molar-refractivity contribution is -0.176. The maximum absolute atomic E-state index is 12.8. The van der Waals surface area contributed by atoms with Gasteiger partial charge >= 0.3 is 11.9 Å². The van der Waals surface area contributed by atoms with Gasteiger partial charge in [0.2, 0.25) is 0 Å². The van der Waals surface area contributed by atoms with Gasteiger partial charge in [0.25, 0.3) is 0 Å². The molecule has 0 spiro atoms. The quantitative estimate of drug-likeness (QED) is 0.410. The van der Waals surface area contributed by atoms with Gasteiger partial charge in [0.15, 0.2) is 5.41 Å². The zero-order chi connectivity index (χ0) is 19.0. The van der Waals surface area contributed by atoms with Gasteiger partial charge in [-0.2, -0.15) is 5.26 Å². The van der Waals surface area contributed by atoms with Crippen LogP contribution < -0.4 is 0 Å². The first-order valence-electron chi connectivity index (χ1n) is 8.27. The fourth-order valence-corrected chi connectivity index (χ4v) is 2.41. The van der Waals surface area contributed by atoms with Crippen molar-refractivity contribution >= 4 is 11.9 Å². The molecule has 0 N–H and O–H groups in total. The van der Waals surface area contributed by atoms with Gasteiger partial charge in [-0.25, -0.2) is 0 Å². The molecule has 1 aromatic rings. The zero-order valence-electron chi connectivity index (χ0n) is 15.2. The number of hydrogen-bond donors (Lipinski definition) is 0. The summed E-state index contributed by atoms with van der Waals surface area (Å²) in [4.78, 5) is 25.6. The second-order valence-corrected chi connectivity index (χ2v) is 6.47. The van der Waals surface area contributed by atoms with Crippen molar-refractivity contribution in [1.29, 1.82) is 5.26 Å². The summed E-state index contributed by atoms with van der Waals surface area (Å²) in [6.07, 6.45) is 1.02. The summed E-state index contributed by atoms with van der Waals surface area (Å²) in [7, 11) is 0. The largest absolute Gasteiger partial charge is 0.462 e. The molecule has 0 aliphatic carbocycles. The first kappa shape index (κ1) is 20.4. The van der Waals surface area contributed by atoms with Gasteiger partial charge in [0, 0.05) is 0 Å². The molecule has 0 heterocycles. The molecule has 1 aromatic carbocycles. The monoisotopic (exact) mass is 343 g/mol. The molecule has 0 atom stereocenters. The Morgan fingerprint density at radius 3 is 1.96 bits per heavy atom. The van der Waals surface area contributed by atoms with Crippen LogP contribution in [0.1, 0.15) is 45.2 Å². The lowest BCUT2D eigenvalue weighted by Crippen LogP contribution is -2.45. The van der Waals surface area contributed by atoms with Crippen molar-refractivity contribution in [2.24, 2.45) is 5.41 Å². The lowest BCUT2D eigenvalue weighted by atomic mass is 9.78. The number of carbonyl (C=O) groups is 2. The second kappa shape index (κ2) is 9.03. The summed E-state index contributed by atoms with van der Waals surface area (Å²) in [5, 5.41) is 8.91. The summed E-state index contributed by atoms with van der Waals surface area (Å²) < 4.78 is 10.7. The van der Waals surface area contributed by atoms with E-state index in [0.717, 1.165) is 5.56 Å². The Labute approximate surface area is 149 Å². The third-order valence-electron chi connectivity index (χ3n) is 3.55. The van der Waals surface area contributed by atoms with E-state index in [9.17, 15) is 9.59 Å². The highest BCUT2D eigenvalue weighted by atomic mass is 16.6. The van der Waals surface area contributed by atoms with Crippen LogP contribution in [-0.4, -0.2) is 24.1 Å². The molecule has 0 aromatic heterocycles. The van der Waals surface area contributed by atoms with E-state index < -0.39 is 17.4 Å². The third kappa shape index (κ3) is 5.46. The highest BCUT2D eigenvalue weighted by Gasteiger charge is 2.48. The van der Waals surface area contributed by atoms with Crippen LogP contribution in [0.5, 0.6) is 0 Å². The van der Waals surface area contributed by atoms with Gasteiger partial charge in [-0.05, 0) is 58.2 Å². The van der Waals surface area contributed by atoms with E-state index in [1.54, 1.807) is 52.0 Å². The molecule has 0 unspecified atom stereocenters. The van der Waals surface area contributed by atoms with Gasteiger partial charge in [-0.3, -0.25) is 9.59 Å². The molecule has 0 bridgehead atoms. The highest BCUT2D eigenvalue weighted by Crippen LogP contribution is 2.33. The normalized spacial score (nSPS) is 11.1. The van der Waals surface area contributed by atoms with E-state index in [0.29, 0.717) is 5.56 Å². The van der Waals surface area contributed by atoms with Crippen molar-refractivity contribution in [2.45, 2.75) is 52.7 Å². The Bertz CT molecular complexity index is 631. The number of esters is 2. The van der Waals surface area contributed by atoms with E-state index >= 15 is 0 Å². The summed E-state index contributed by atoms with van der Waals surface area (Å²) in [5.41, 5.74) is -0.250. The Morgan fingerprint density at radius 2 is 1.60 bits per heavy atom. The van der Waals surface area contributed by atoms with Crippen LogP contribution in [0.3, 0.4) is 0 Å². The van der Waals surface area contributed by atoms with Gasteiger partial charge in [-0.15, -0.1) is 6.58 Å². The minimum atomic E-state index is -1.50. The van der Waals surface area contributed by atoms with Crippen LogP contribution in [0.15, 0.2) is 36.9 Å². The third-order valence-corrected chi connectivity index (χ3v) is 3.55. The molecule has 0 fully saturated rings. The fraction of sp³-hybridized carbons (Fsp3) is 0.450. The molecule has 5 nitrogen and oxygen atoms in total.